The first-order valence-corrected chi connectivity index (χ1v) is 18.8. The summed E-state index contributed by atoms with van der Waals surface area (Å²) in [5.41, 5.74) is 11.8. The number of fused-ring (bicyclic) bond motifs is 6. The SMILES string of the molecule is c1ccc(-c2cccc(-c3nc(-c4ccc(-c5ccccc5)cc4-n4c5ccccc5c5ccccc54)nc(-c4cccc5c4oc4ccccc45)n3)c2)cc1. The minimum absolute atomic E-state index is 0.542. The molecule has 56 heavy (non-hydrogen) atoms. The van der Waals surface area contributed by atoms with Crippen molar-refractivity contribution in [1.82, 2.24) is 19.5 Å². The van der Waals surface area contributed by atoms with Crippen molar-refractivity contribution in [3.05, 3.63) is 194 Å². The molecule has 3 aromatic heterocycles. The number of hydrogen-bond donors (Lipinski definition) is 0. The molecule has 0 radical (unpaired) electrons. The average Bonchev–Trinajstić information content (AvgIpc) is 3.83. The molecule has 11 rings (SSSR count). The monoisotopic (exact) mass is 716 g/mol. The van der Waals surface area contributed by atoms with E-state index in [2.05, 4.69) is 168 Å². The molecule has 0 saturated heterocycles. The Labute approximate surface area is 322 Å². The summed E-state index contributed by atoms with van der Waals surface area (Å²) in [7, 11) is 0. The maximum absolute atomic E-state index is 6.55. The molecule has 0 aliphatic rings. The molecule has 3 heterocycles. The molecule has 0 unspecified atom stereocenters. The predicted octanol–water partition coefficient (Wildman–Crippen LogP) is 13.2. The summed E-state index contributed by atoms with van der Waals surface area (Å²) in [6, 6.07) is 67.4. The van der Waals surface area contributed by atoms with Gasteiger partial charge in [0.05, 0.1) is 22.3 Å². The van der Waals surface area contributed by atoms with Crippen molar-refractivity contribution in [3.8, 4) is 62.1 Å². The third-order valence-electron chi connectivity index (χ3n) is 10.7. The third-order valence-corrected chi connectivity index (χ3v) is 10.7. The van der Waals surface area contributed by atoms with Gasteiger partial charge in [0.15, 0.2) is 17.5 Å². The van der Waals surface area contributed by atoms with E-state index in [1.807, 2.05) is 30.3 Å². The molecule has 11 aromatic rings. The third kappa shape index (κ3) is 5.29. The van der Waals surface area contributed by atoms with Gasteiger partial charge in [-0.3, -0.25) is 0 Å². The minimum atomic E-state index is 0.542. The molecule has 0 spiro atoms. The van der Waals surface area contributed by atoms with Gasteiger partial charge in [-0.05, 0) is 64.7 Å². The van der Waals surface area contributed by atoms with Crippen LogP contribution in [0.4, 0.5) is 0 Å². The zero-order valence-electron chi connectivity index (χ0n) is 30.2. The van der Waals surface area contributed by atoms with Crippen LogP contribution in [-0.2, 0) is 0 Å². The minimum Gasteiger partial charge on any atom is -0.455 e. The fourth-order valence-electron chi connectivity index (χ4n) is 8.04. The van der Waals surface area contributed by atoms with Gasteiger partial charge in [0.25, 0.3) is 0 Å². The highest BCUT2D eigenvalue weighted by Crippen LogP contribution is 2.40. The molecule has 5 nitrogen and oxygen atoms in total. The Hall–Kier alpha value is -7.63. The van der Waals surface area contributed by atoms with E-state index in [1.165, 1.54) is 10.8 Å². The number of aromatic nitrogens is 4. The van der Waals surface area contributed by atoms with E-state index in [-0.39, 0.29) is 0 Å². The Morgan fingerprint density at radius 1 is 0.339 bits per heavy atom. The van der Waals surface area contributed by atoms with Gasteiger partial charge < -0.3 is 8.98 Å². The highest BCUT2D eigenvalue weighted by atomic mass is 16.3. The molecule has 262 valence electrons. The molecule has 0 fully saturated rings. The number of benzene rings is 8. The Balaban J connectivity index is 1.21. The Morgan fingerprint density at radius 3 is 1.57 bits per heavy atom. The molecule has 0 saturated carbocycles. The second-order valence-corrected chi connectivity index (χ2v) is 14.0. The topological polar surface area (TPSA) is 56.7 Å². The highest BCUT2D eigenvalue weighted by Gasteiger charge is 2.22. The lowest BCUT2D eigenvalue weighted by molar-refractivity contribution is 0.669. The highest BCUT2D eigenvalue weighted by molar-refractivity contribution is 6.10. The largest absolute Gasteiger partial charge is 0.455 e. The molecule has 0 N–H and O–H groups in total. The van der Waals surface area contributed by atoms with E-state index < -0.39 is 0 Å². The van der Waals surface area contributed by atoms with Crippen LogP contribution in [0.2, 0.25) is 0 Å². The van der Waals surface area contributed by atoms with Crippen molar-refractivity contribution >= 4 is 43.7 Å². The van der Waals surface area contributed by atoms with Crippen LogP contribution in [0.15, 0.2) is 199 Å². The van der Waals surface area contributed by atoms with Crippen LogP contribution in [0, 0.1) is 0 Å². The van der Waals surface area contributed by atoms with Crippen molar-refractivity contribution in [2.24, 2.45) is 0 Å². The smallest absolute Gasteiger partial charge is 0.167 e. The van der Waals surface area contributed by atoms with E-state index >= 15 is 0 Å². The van der Waals surface area contributed by atoms with Crippen molar-refractivity contribution in [2.45, 2.75) is 0 Å². The van der Waals surface area contributed by atoms with Crippen LogP contribution < -0.4 is 0 Å². The first-order chi connectivity index (χ1) is 27.8. The van der Waals surface area contributed by atoms with Gasteiger partial charge in [-0.25, -0.2) is 15.0 Å². The summed E-state index contributed by atoms with van der Waals surface area (Å²) in [4.78, 5) is 15.9. The van der Waals surface area contributed by atoms with Crippen LogP contribution in [0.1, 0.15) is 0 Å². The lowest BCUT2D eigenvalue weighted by atomic mass is 10.0. The zero-order chi connectivity index (χ0) is 37.0. The summed E-state index contributed by atoms with van der Waals surface area (Å²) < 4.78 is 8.90. The first-order valence-electron chi connectivity index (χ1n) is 18.8. The first kappa shape index (κ1) is 31.9. The van der Waals surface area contributed by atoms with Gasteiger partial charge in [0, 0.05) is 32.7 Å². The van der Waals surface area contributed by atoms with Gasteiger partial charge in [0.2, 0.25) is 0 Å². The second kappa shape index (κ2) is 13.0. The fraction of sp³-hybridized carbons (Fsp3) is 0. The molecule has 5 heteroatoms. The quantitative estimate of drug-likeness (QED) is 0.172. The molecule has 8 aromatic carbocycles. The average molecular weight is 717 g/mol. The van der Waals surface area contributed by atoms with E-state index in [9.17, 15) is 0 Å². The number of nitrogens with zero attached hydrogens (tertiary/aromatic N) is 4. The fourth-order valence-corrected chi connectivity index (χ4v) is 8.04. The molecule has 0 aliphatic carbocycles. The normalized spacial score (nSPS) is 11.6. The Bertz CT molecular complexity index is 3200. The number of para-hydroxylation sites is 4. The summed E-state index contributed by atoms with van der Waals surface area (Å²) in [5, 5.41) is 4.45. The van der Waals surface area contributed by atoms with Gasteiger partial charge in [0.1, 0.15) is 11.2 Å². The molecule has 0 atom stereocenters. The molecule has 0 aliphatic heterocycles. The standard InChI is InChI=1S/C51H32N4O/c1-3-15-33(16-4-1)35-19-13-20-37(31-35)49-52-50(54-51(53-49)43-25-14-24-41-40-23-9-12-28-47(40)56-48(41)43)42-30-29-36(34-17-5-2-6-18-34)32-46(42)55-44-26-10-7-21-38(44)39-22-8-11-27-45(39)55/h1-32H. The lowest BCUT2D eigenvalue weighted by Crippen LogP contribution is -2.04. The molecule has 0 bridgehead atoms. The molecular weight excluding hydrogens is 685 g/mol. The molecular formula is C51H32N4O. The summed E-state index contributed by atoms with van der Waals surface area (Å²) in [6.07, 6.45) is 0. The van der Waals surface area contributed by atoms with E-state index in [0.717, 1.165) is 77.6 Å². The Kier molecular flexibility index (Phi) is 7.42. The van der Waals surface area contributed by atoms with Gasteiger partial charge in [-0.15, -0.1) is 0 Å². The summed E-state index contributed by atoms with van der Waals surface area (Å²) in [6.45, 7) is 0. The van der Waals surface area contributed by atoms with Gasteiger partial charge >= 0.3 is 0 Å². The van der Waals surface area contributed by atoms with Crippen molar-refractivity contribution in [3.63, 3.8) is 0 Å². The second-order valence-electron chi connectivity index (χ2n) is 14.0. The van der Waals surface area contributed by atoms with Gasteiger partial charge in [-0.2, -0.15) is 0 Å². The van der Waals surface area contributed by atoms with Crippen molar-refractivity contribution in [1.29, 1.82) is 0 Å². The molecule has 0 amide bonds. The Morgan fingerprint density at radius 2 is 0.857 bits per heavy atom. The van der Waals surface area contributed by atoms with Crippen LogP contribution in [-0.4, -0.2) is 19.5 Å². The zero-order valence-corrected chi connectivity index (χ0v) is 30.2. The van der Waals surface area contributed by atoms with Gasteiger partial charge in [-0.1, -0.05) is 152 Å². The number of hydrogen-bond acceptors (Lipinski definition) is 4. The predicted molar refractivity (Wildman–Crippen MR) is 229 cm³/mol. The van der Waals surface area contributed by atoms with E-state index in [4.69, 9.17) is 19.4 Å². The van der Waals surface area contributed by atoms with Crippen molar-refractivity contribution < 1.29 is 4.42 Å². The van der Waals surface area contributed by atoms with Crippen LogP contribution in [0.5, 0.6) is 0 Å². The number of furan rings is 1. The number of rotatable bonds is 6. The van der Waals surface area contributed by atoms with Crippen LogP contribution >= 0.6 is 0 Å². The maximum atomic E-state index is 6.55. The van der Waals surface area contributed by atoms with E-state index in [0.29, 0.717) is 17.5 Å². The van der Waals surface area contributed by atoms with Crippen LogP contribution in [0.3, 0.4) is 0 Å². The summed E-state index contributed by atoms with van der Waals surface area (Å²) in [5.74, 6) is 1.69. The van der Waals surface area contributed by atoms with E-state index in [1.54, 1.807) is 0 Å². The van der Waals surface area contributed by atoms with Crippen molar-refractivity contribution in [2.75, 3.05) is 0 Å². The maximum Gasteiger partial charge on any atom is 0.167 e. The lowest BCUT2D eigenvalue weighted by Gasteiger charge is -2.16. The van der Waals surface area contributed by atoms with Crippen LogP contribution in [0.25, 0.3) is 106 Å². The summed E-state index contributed by atoms with van der Waals surface area (Å²) >= 11 is 0.